The van der Waals surface area contributed by atoms with Crippen molar-refractivity contribution in [1.29, 1.82) is 0 Å². The van der Waals surface area contributed by atoms with Crippen molar-refractivity contribution in [2.45, 2.75) is 0 Å². The maximum absolute atomic E-state index is 7.10. The second-order valence-corrected chi connectivity index (χ2v) is 16.3. The van der Waals surface area contributed by atoms with E-state index in [1.165, 1.54) is 57.9 Å². The van der Waals surface area contributed by atoms with E-state index in [2.05, 4.69) is 182 Å². The molecule has 13 rings (SSSR count). The molecule has 0 saturated carbocycles. The van der Waals surface area contributed by atoms with Gasteiger partial charge in [-0.25, -0.2) is 9.97 Å². The van der Waals surface area contributed by atoms with Gasteiger partial charge < -0.3 is 4.42 Å². The minimum atomic E-state index is 0.672. The second-order valence-electron chi connectivity index (χ2n) is 15.2. The van der Waals surface area contributed by atoms with Gasteiger partial charge in [0, 0.05) is 53.0 Å². The standard InChI is InChI=1S/C54H30N2OS/c1-2-14-32(15-3-1)43-30-44(41-23-12-24-46-51(41)50-34-17-6-4-13-31(34)25-28-47(50)58-46)56-54(55-43)52-35-18-7-5-16-33(35)29-45-49(52)42-27-26-40-38-21-9-8-19-36(38)37-20-10-11-22-39(37)48(40)53(42)57-45/h1-30H. The molecule has 3 nitrogen and oxygen atoms in total. The number of furan rings is 1. The number of fused-ring (bicyclic) bond motifs is 16. The average molecular weight is 755 g/mol. The third kappa shape index (κ3) is 4.49. The van der Waals surface area contributed by atoms with Crippen LogP contribution in [0, 0.1) is 0 Å². The van der Waals surface area contributed by atoms with Crippen molar-refractivity contribution >= 4 is 107 Å². The largest absolute Gasteiger partial charge is 0.455 e. The summed E-state index contributed by atoms with van der Waals surface area (Å²) in [6.45, 7) is 0. The van der Waals surface area contributed by atoms with Crippen LogP contribution in [0.25, 0.3) is 130 Å². The molecule has 0 saturated heterocycles. The minimum absolute atomic E-state index is 0.672. The number of rotatable bonds is 3. The monoisotopic (exact) mass is 754 g/mol. The van der Waals surface area contributed by atoms with Crippen LogP contribution in [0.2, 0.25) is 0 Å². The van der Waals surface area contributed by atoms with Crippen molar-refractivity contribution in [2.75, 3.05) is 0 Å². The molecule has 0 atom stereocenters. The molecule has 3 aromatic heterocycles. The van der Waals surface area contributed by atoms with E-state index in [1.54, 1.807) is 0 Å². The Morgan fingerprint density at radius 2 is 1.00 bits per heavy atom. The van der Waals surface area contributed by atoms with Crippen molar-refractivity contribution in [1.82, 2.24) is 9.97 Å². The molecule has 0 aliphatic heterocycles. The highest BCUT2D eigenvalue weighted by atomic mass is 32.1. The van der Waals surface area contributed by atoms with Crippen LogP contribution in [0.4, 0.5) is 0 Å². The third-order valence-electron chi connectivity index (χ3n) is 12.0. The zero-order valence-corrected chi connectivity index (χ0v) is 31.8. The molecule has 0 radical (unpaired) electrons. The first-order valence-corrected chi connectivity index (χ1v) is 20.5. The minimum Gasteiger partial charge on any atom is -0.455 e. The maximum atomic E-state index is 7.10. The highest BCUT2D eigenvalue weighted by molar-refractivity contribution is 7.26. The zero-order valence-electron chi connectivity index (χ0n) is 31.0. The van der Waals surface area contributed by atoms with E-state index in [-0.39, 0.29) is 0 Å². The fourth-order valence-electron chi connectivity index (χ4n) is 9.53. The molecular formula is C54H30N2OS. The topological polar surface area (TPSA) is 38.9 Å². The smallest absolute Gasteiger partial charge is 0.161 e. The number of aromatic nitrogens is 2. The lowest BCUT2D eigenvalue weighted by Gasteiger charge is -2.13. The van der Waals surface area contributed by atoms with E-state index in [9.17, 15) is 0 Å². The molecule has 0 amide bonds. The molecular weight excluding hydrogens is 725 g/mol. The first-order chi connectivity index (χ1) is 28.8. The van der Waals surface area contributed by atoms with Crippen molar-refractivity contribution in [3.63, 3.8) is 0 Å². The molecule has 0 aliphatic carbocycles. The van der Waals surface area contributed by atoms with E-state index in [0.29, 0.717) is 5.82 Å². The Kier molecular flexibility index (Phi) is 6.60. The summed E-state index contributed by atoms with van der Waals surface area (Å²) >= 11 is 1.84. The molecule has 0 aliphatic rings. The Bertz CT molecular complexity index is 3830. The molecule has 0 spiro atoms. The van der Waals surface area contributed by atoms with Gasteiger partial charge in [0.25, 0.3) is 0 Å². The summed E-state index contributed by atoms with van der Waals surface area (Å²) in [5.41, 5.74) is 6.57. The summed E-state index contributed by atoms with van der Waals surface area (Å²) in [6, 6.07) is 65.2. The summed E-state index contributed by atoms with van der Waals surface area (Å²) in [6.07, 6.45) is 0. The van der Waals surface area contributed by atoms with Crippen LogP contribution >= 0.6 is 11.3 Å². The predicted octanol–water partition coefficient (Wildman–Crippen LogP) is 15.5. The van der Waals surface area contributed by atoms with Crippen LogP contribution < -0.4 is 0 Å². The zero-order chi connectivity index (χ0) is 37.9. The average Bonchev–Trinajstić information content (AvgIpc) is 3.87. The van der Waals surface area contributed by atoms with Crippen LogP contribution in [-0.4, -0.2) is 9.97 Å². The first-order valence-electron chi connectivity index (χ1n) is 19.7. The normalized spacial score (nSPS) is 12.1. The molecule has 268 valence electrons. The van der Waals surface area contributed by atoms with Crippen LogP contribution in [0.1, 0.15) is 0 Å². The molecule has 0 fully saturated rings. The Balaban J connectivity index is 1.17. The summed E-state index contributed by atoms with van der Waals surface area (Å²) in [4.78, 5) is 11.1. The van der Waals surface area contributed by atoms with Gasteiger partial charge in [-0.1, -0.05) is 152 Å². The van der Waals surface area contributed by atoms with Crippen LogP contribution in [0.15, 0.2) is 186 Å². The molecule has 0 unspecified atom stereocenters. The third-order valence-corrected chi connectivity index (χ3v) is 13.2. The van der Waals surface area contributed by atoms with E-state index in [1.807, 2.05) is 11.3 Å². The number of benzene rings is 10. The van der Waals surface area contributed by atoms with Crippen molar-refractivity contribution in [3.05, 3.63) is 182 Å². The van der Waals surface area contributed by atoms with Crippen LogP contribution in [0.3, 0.4) is 0 Å². The summed E-state index contributed by atoms with van der Waals surface area (Å²) in [7, 11) is 0. The fourth-order valence-corrected chi connectivity index (χ4v) is 10.7. The molecule has 0 N–H and O–H groups in total. The number of thiophene rings is 1. The number of hydrogen-bond donors (Lipinski definition) is 0. The Morgan fingerprint density at radius 3 is 1.81 bits per heavy atom. The fraction of sp³-hybridized carbons (Fsp3) is 0. The predicted molar refractivity (Wildman–Crippen MR) is 246 cm³/mol. The van der Waals surface area contributed by atoms with Crippen LogP contribution in [-0.2, 0) is 0 Å². The van der Waals surface area contributed by atoms with Gasteiger partial charge in [0.1, 0.15) is 11.2 Å². The van der Waals surface area contributed by atoms with E-state index in [4.69, 9.17) is 14.4 Å². The van der Waals surface area contributed by atoms with Gasteiger partial charge in [0.15, 0.2) is 5.82 Å². The lowest BCUT2D eigenvalue weighted by molar-refractivity contribution is 0.673. The van der Waals surface area contributed by atoms with Gasteiger partial charge in [-0.2, -0.15) is 0 Å². The van der Waals surface area contributed by atoms with E-state index in [0.717, 1.165) is 66.2 Å². The summed E-state index contributed by atoms with van der Waals surface area (Å²) in [5.74, 6) is 0.672. The van der Waals surface area contributed by atoms with Gasteiger partial charge in [-0.15, -0.1) is 11.3 Å². The summed E-state index contributed by atoms with van der Waals surface area (Å²) in [5, 5.41) is 16.4. The Hall–Kier alpha value is -7.40. The Labute approximate surface area is 336 Å². The van der Waals surface area contributed by atoms with Crippen molar-refractivity contribution in [2.24, 2.45) is 0 Å². The highest BCUT2D eigenvalue weighted by Crippen LogP contribution is 2.48. The highest BCUT2D eigenvalue weighted by Gasteiger charge is 2.24. The van der Waals surface area contributed by atoms with Crippen LogP contribution in [0.5, 0.6) is 0 Å². The molecule has 58 heavy (non-hydrogen) atoms. The molecule has 10 aromatic carbocycles. The van der Waals surface area contributed by atoms with Gasteiger partial charge in [-0.05, 0) is 78.8 Å². The first kappa shape index (κ1) is 31.8. The second kappa shape index (κ2) is 12.1. The maximum Gasteiger partial charge on any atom is 0.161 e. The van der Waals surface area contributed by atoms with E-state index >= 15 is 0 Å². The lowest BCUT2D eigenvalue weighted by atomic mass is 9.92. The molecule has 0 bridgehead atoms. The summed E-state index contributed by atoms with van der Waals surface area (Å²) < 4.78 is 9.62. The van der Waals surface area contributed by atoms with Gasteiger partial charge in [0.2, 0.25) is 0 Å². The van der Waals surface area contributed by atoms with Crippen molar-refractivity contribution < 1.29 is 4.42 Å². The van der Waals surface area contributed by atoms with Gasteiger partial charge >= 0.3 is 0 Å². The number of nitrogens with zero attached hydrogens (tertiary/aromatic N) is 2. The lowest BCUT2D eigenvalue weighted by Crippen LogP contribution is -1.97. The van der Waals surface area contributed by atoms with Gasteiger partial charge in [0.05, 0.1) is 11.4 Å². The number of hydrogen-bond acceptors (Lipinski definition) is 4. The molecule has 13 aromatic rings. The Morgan fingerprint density at radius 1 is 0.379 bits per heavy atom. The molecule has 3 heterocycles. The molecule has 4 heteroatoms. The van der Waals surface area contributed by atoms with Crippen molar-refractivity contribution in [3.8, 4) is 33.9 Å². The quantitative estimate of drug-likeness (QED) is 0.169. The van der Waals surface area contributed by atoms with Gasteiger partial charge in [-0.3, -0.25) is 0 Å². The van der Waals surface area contributed by atoms with E-state index < -0.39 is 0 Å². The SMILES string of the molecule is c1ccc(-c2cc(-c3cccc4sc5ccc6ccccc6c5c34)nc(-c3c4ccccc4cc4oc5c(ccc6c7ccccc7c7ccccc7c65)c34)n2)cc1.